The summed E-state index contributed by atoms with van der Waals surface area (Å²) in [4.78, 5) is 16.4. The number of Topliss-reactive ketones (excluding diaryl/α,β-unsaturated/α-hetero) is 1. The minimum Gasteiger partial charge on any atom is -0.301 e. The zero-order valence-corrected chi connectivity index (χ0v) is 11.6. The van der Waals surface area contributed by atoms with Crippen LogP contribution in [-0.2, 0) is 11.2 Å². The molecule has 2 rings (SSSR count). The van der Waals surface area contributed by atoms with Crippen LogP contribution in [0.3, 0.4) is 0 Å². The highest BCUT2D eigenvalue weighted by Crippen LogP contribution is 2.10. The Morgan fingerprint density at radius 1 is 1.37 bits per heavy atom. The van der Waals surface area contributed by atoms with Gasteiger partial charge in [-0.15, -0.1) is 0 Å². The normalized spacial score (nSPS) is 21.5. The topological polar surface area (TPSA) is 23.6 Å². The van der Waals surface area contributed by atoms with Gasteiger partial charge in [0, 0.05) is 32.1 Å². The number of hydrogen-bond donors (Lipinski definition) is 0. The Hall–Kier alpha value is -1.26. The second-order valence-corrected chi connectivity index (χ2v) is 5.37. The second-order valence-electron chi connectivity index (χ2n) is 5.37. The summed E-state index contributed by atoms with van der Waals surface area (Å²) in [5.74, 6) is -0.204. The van der Waals surface area contributed by atoms with E-state index in [0.29, 0.717) is 18.2 Å². The first-order chi connectivity index (χ1) is 9.06. The summed E-state index contributed by atoms with van der Waals surface area (Å²) in [5, 5.41) is 0. The number of ketones is 1. The van der Waals surface area contributed by atoms with Gasteiger partial charge in [0.15, 0.2) is 5.78 Å². The summed E-state index contributed by atoms with van der Waals surface area (Å²) in [7, 11) is 2.10. The largest absolute Gasteiger partial charge is 0.301 e. The number of rotatable bonds is 4. The molecule has 1 saturated heterocycles. The first kappa shape index (κ1) is 14.2. The number of carbonyl (C=O) groups excluding carboxylic acids is 1. The Bertz CT molecular complexity index is 450. The fourth-order valence-electron chi connectivity index (χ4n) is 2.43. The maximum Gasteiger partial charge on any atom is 0.151 e. The number of likely N-dealkylation sites (N-methyl/N-ethyl adjacent to an activating group) is 1. The van der Waals surface area contributed by atoms with Crippen molar-refractivity contribution in [3.8, 4) is 0 Å². The van der Waals surface area contributed by atoms with Crippen LogP contribution >= 0.6 is 0 Å². The molecule has 1 heterocycles. The van der Waals surface area contributed by atoms with E-state index in [9.17, 15) is 9.18 Å². The molecule has 1 fully saturated rings. The minimum atomic E-state index is -0.289. The molecule has 0 radical (unpaired) electrons. The Morgan fingerprint density at radius 3 is 2.79 bits per heavy atom. The van der Waals surface area contributed by atoms with Crippen molar-refractivity contribution >= 4 is 5.78 Å². The highest BCUT2D eigenvalue weighted by Gasteiger charge is 2.22. The lowest BCUT2D eigenvalue weighted by Gasteiger charge is -2.37. The van der Waals surface area contributed by atoms with Crippen molar-refractivity contribution in [3.63, 3.8) is 0 Å². The highest BCUT2D eigenvalue weighted by atomic mass is 19.1. The molecule has 0 bridgehead atoms. The van der Waals surface area contributed by atoms with Gasteiger partial charge in [-0.05, 0) is 25.6 Å². The van der Waals surface area contributed by atoms with Crippen LogP contribution in [0.1, 0.15) is 12.5 Å². The Labute approximate surface area is 114 Å². The Kier molecular flexibility index (Phi) is 4.66. The number of halogens is 1. The van der Waals surface area contributed by atoms with Gasteiger partial charge in [0.25, 0.3) is 0 Å². The number of piperazine rings is 1. The van der Waals surface area contributed by atoms with Crippen molar-refractivity contribution in [2.45, 2.75) is 19.4 Å². The molecule has 1 unspecified atom stereocenters. The summed E-state index contributed by atoms with van der Waals surface area (Å²) in [6, 6.07) is 6.96. The van der Waals surface area contributed by atoms with Crippen LogP contribution in [0, 0.1) is 5.82 Å². The molecule has 1 aliphatic rings. The fraction of sp³-hybridized carbons (Fsp3) is 0.533. The van der Waals surface area contributed by atoms with Crippen molar-refractivity contribution < 1.29 is 9.18 Å². The molecule has 4 heteroatoms. The van der Waals surface area contributed by atoms with Crippen LogP contribution in [0.25, 0.3) is 0 Å². The molecule has 0 spiro atoms. The predicted molar refractivity (Wildman–Crippen MR) is 73.6 cm³/mol. The van der Waals surface area contributed by atoms with Crippen LogP contribution in [0.2, 0.25) is 0 Å². The van der Waals surface area contributed by atoms with Gasteiger partial charge in [-0.25, -0.2) is 4.39 Å². The Morgan fingerprint density at radius 2 is 2.11 bits per heavy atom. The number of carbonyl (C=O) groups is 1. The van der Waals surface area contributed by atoms with E-state index >= 15 is 0 Å². The van der Waals surface area contributed by atoms with Crippen LogP contribution in [0.15, 0.2) is 24.3 Å². The average molecular weight is 264 g/mol. The Balaban J connectivity index is 1.87. The first-order valence-corrected chi connectivity index (χ1v) is 6.74. The van der Waals surface area contributed by atoms with Gasteiger partial charge >= 0.3 is 0 Å². The molecule has 1 aromatic carbocycles. The van der Waals surface area contributed by atoms with Crippen molar-refractivity contribution in [1.29, 1.82) is 0 Å². The predicted octanol–water partition coefficient (Wildman–Crippen LogP) is 1.57. The van der Waals surface area contributed by atoms with E-state index < -0.39 is 0 Å². The van der Waals surface area contributed by atoms with Gasteiger partial charge in [0.1, 0.15) is 5.82 Å². The van der Waals surface area contributed by atoms with Gasteiger partial charge < -0.3 is 4.90 Å². The van der Waals surface area contributed by atoms with Crippen molar-refractivity contribution in [3.05, 3.63) is 35.6 Å². The van der Waals surface area contributed by atoms with Gasteiger partial charge in [-0.2, -0.15) is 0 Å². The summed E-state index contributed by atoms with van der Waals surface area (Å²) in [6.07, 6.45) is 0.188. The highest BCUT2D eigenvalue weighted by molar-refractivity contribution is 5.82. The van der Waals surface area contributed by atoms with Crippen LogP contribution < -0.4 is 0 Å². The third kappa shape index (κ3) is 3.85. The van der Waals surface area contributed by atoms with E-state index in [4.69, 9.17) is 0 Å². The monoisotopic (exact) mass is 264 g/mol. The lowest BCUT2D eigenvalue weighted by Crippen LogP contribution is -2.51. The van der Waals surface area contributed by atoms with Gasteiger partial charge in [-0.1, -0.05) is 18.2 Å². The summed E-state index contributed by atoms with van der Waals surface area (Å²) in [5.41, 5.74) is 0.495. The molecule has 0 aromatic heterocycles. The average Bonchev–Trinajstić information content (AvgIpc) is 2.37. The first-order valence-electron chi connectivity index (χ1n) is 6.74. The summed E-state index contributed by atoms with van der Waals surface area (Å²) in [6.45, 7) is 5.37. The molecule has 0 saturated carbocycles. The third-order valence-corrected chi connectivity index (χ3v) is 3.79. The molecule has 0 N–H and O–H groups in total. The van der Waals surface area contributed by atoms with Crippen molar-refractivity contribution in [2.75, 3.05) is 33.2 Å². The van der Waals surface area contributed by atoms with E-state index in [1.54, 1.807) is 18.2 Å². The number of nitrogens with zero attached hydrogens (tertiary/aromatic N) is 2. The molecule has 19 heavy (non-hydrogen) atoms. The second kappa shape index (κ2) is 6.26. The van der Waals surface area contributed by atoms with Crippen molar-refractivity contribution in [2.24, 2.45) is 0 Å². The van der Waals surface area contributed by atoms with E-state index in [2.05, 4.69) is 23.8 Å². The van der Waals surface area contributed by atoms with Crippen molar-refractivity contribution in [1.82, 2.24) is 9.80 Å². The fourth-order valence-corrected chi connectivity index (χ4v) is 2.43. The molecule has 1 atom stereocenters. The quantitative estimate of drug-likeness (QED) is 0.825. The van der Waals surface area contributed by atoms with Crippen LogP contribution in [0.4, 0.5) is 4.39 Å². The van der Waals surface area contributed by atoms with E-state index in [0.717, 1.165) is 19.6 Å². The molecular formula is C15H21FN2O. The smallest absolute Gasteiger partial charge is 0.151 e. The lowest BCUT2D eigenvalue weighted by molar-refractivity contribution is -0.120. The third-order valence-electron chi connectivity index (χ3n) is 3.79. The van der Waals surface area contributed by atoms with Gasteiger partial charge in [-0.3, -0.25) is 9.69 Å². The van der Waals surface area contributed by atoms with Crippen LogP contribution in [0.5, 0.6) is 0 Å². The van der Waals surface area contributed by atoms with Gasteiger partial charge in [0.05, 0.1) is 6.54 Å². The zero-order valence-electron chi connectivity index (χ0n) is 11.6. The maximum absolute atomic E-state index is 13.5. The lowest BCUT2D eigenvalue weighted by atomic mass is 10.1. The summed E-state index contributed by atoms with van der Waals surface area (Å²) < 4.78 is 13.5. The molecule has 1 aliphatic heterocycles. The number of benzene rings is 1. The van der Waals surface area contributed by atoms with E-state index in [1.807, 2.05) is 0 Å². The maximum atomic E-state index is 13.5. The molecule has 0 amide bonds. The van der Waals surface area contributed by atoms with Gasteiger partial charge in [0.2, 0.25) is 0 Å². The minimum absolute atomic E-state index is 0.0850. The standard InChI is InChI=1S/C15H21FN2O/c1-12-10-18(8-7-17(12)2)11-14(19)9-13-5-3-4-6-15(13)16/h3-6,12H,7-11H2,1-2H3. The SMILES string of the molecule is CC1CN(CC(=O)Cc2ccccc2F)CCN1C. The number of hydrogen-bond acceptors (Lipinski definition) is 3. The van der Waals surface area contributed by atoms with E-state index in [-0.39, 0.29) is 18.0 Å². The molecule has 1 aromatic rings. The van der Waals surface area contributed by atoms with E-state index in [1.165, 1.54) is 6.07 Å². The zero-order chi connectivity index (χ0) is 13.8. The molecule has 104 valence electrons. The molecule has 0 aliphatic carbocycles. The summed E-state index contributed by atoms with van der Waals surface area (Å²) >= 11 is 0. The molecule has 3 nitrogen and oxygen atoms in total. The van der Waals surface area contributed by atoms with Crippen LogP contribution in [-0.4, -0.2) is 54.9 Å². The molecular weight excluding hydrogens is 243 g/mol.